The van der Waals surface area contributed by atoms with Crippen molar-refractivity contribution in [3.05, 3.63) is 0 Å². The van der Waals surface area contributed by atoms with Crippen LogP contribution in [0.25, 0.3) is 0 Å². The molecule has 4 nitrogen and oxygen atoms in total. The third-order valence-electron chi connectivity index (χ3n) is 3.91. The zero-order chi connectivity index (χ0) is 11.4. The first-order chi connectivity index (χ1) is 7.74. The maximum atomic E-state index is 6.00. The fourth-order valence-corrected chi connectivity index (χ4v) is 3.01. The number of hydrogen-bond donors (Lipinski definition) is 2. The van der Waals surface area contributed by atoms with Gasteiger partial charge in [0.15, 0.2) is 0 Å². The summed E-state index contributed by atoms with van der Waals surface area (Å²) < 4.78 is 0. The van der Waals surface area contributed by atoms with Crippen LogP contribution in [-0.4, -0.2) is 55.2 Å². The van der Waals surface area contributed by atoms with Crippen molar-refractivity contribution in [2.24, 2.45) is 5.73 Å². The summed E-state index contributed by atoms with van der Waals surface area (Å²) in [6.07, 6.45) is 6.50. The van der Waals surface area contributed by atoms with Crippen LogP contribution >= 0.6 is 0 Å². The van der Waals surface area contributed by atoms with E-state index in [2.05, 4.69) is 22.4 Å². The van der Waals surface area contributed by atoms with Crippen molar-refractivity contribution in [1.29, 1.82) is 0 Å². The van der Waals surface area contributed by atoms with E-state index in [0.717, 1.165) is 13.1 Å². The molecule has 16 heavy (non-hydrogen) atoms. The second-order valence-corrected chi connectivity index (χ2v) is 5.49. The van der Waals surface area contributed by atoms with E-state index in [9.17, 15) is 0 Å². The predicted molar refractivity (Wildman–Crippen MR) is 67.1 cm³/mol. The summed E-state index contributed by atoms with van der Waals surface area (Å²) in [7, 11) is 2.20. The number of nitrogens with two attached hydrogens (primary N) is 1. The van der Waals surface area contributed by atoms with Crippen molar-refractivity contribution < 1.29 is 0 Å². The molecule has 2 rings (SSSR count). The summed E-state index contributed by atoms with van der Waals surface area (Å²) in [5.41, 5.74) is 9.85. The quantitative estimate of drug-likeness (QED) is 0.731. The highest BCUT2D eigenvalue weighted by Gasteiger charge is 2.34. The molecule has 0 bridgehead atoms. The van der Waals surface area contributed by atoms with Gasteiger partial charge in [0.2, 0.25) is 0 Å². The van der Waals surface area contributed by atoms with Crippen molar-refractivity contribution in [2.75, 3.05) is 39.8 Å². The van der Waals surface area contributed by atoms with Crippen LogP contribution in [0.15, 0.2) is 0 Å². The molecule has 0 aliphatic carbocycles. The Hall–Kier alpha value is -0.160. The van der Waals surface area contributed by atoms with Gasteiger partial charge in [0.05, 0.1) is 5.54 Å². The van der Waals surface area contributed by atoms with Crippen molar-refractivity contribution in [3.63, 3.8) is 0 Å². The third-order valence-corrected chi connectivity index (χ3v) is 3.91. The lowest BCUT2D eigenvalue weighted by molar-refractivity contribution is 0.0398. The maximum absolute atomic E-state index is 6.00. The standard InChI is InChI=1S/C12H26N4/c1-15-7-5-6-12(10-13,11-15)14-16-8-3-2-4-9-16/h14H,2-11,13H2,1H3. The van der Waals surface area contributed by atoms with Gasteiger partial charge in [-0.25, -0.2) is 10.4 Å². The average Bonchev–Trinajstić information content (AvgIpc) is 2.30. The second kappa shape index (κ2) is 5.45. The number of rotatable bonds is 3. The van der Waals surface area contributed by atoms with Crippen molar-refractivity contribution in [3.8, 4) is 0 Å². The Kier molecular flexibility index (Phi) is 4.19. The van der Waals surface area contributed by atoms with E-state index >= 15 is 0 Å². The monoisotopic (exact) mass is 226 g/mol. The summed E-state index contributed by atoms with van der Waals surface area (Å²) in [6, 6.07) is 0. The molecule has 2 heterocycles. The Bertz CT molecular complexity index is 215. The van der Waals surface area contributed by atoms with Gasteiger partial charge in [-0.15, -0.1) is 0 Å². The van der Waals surface area contributed by atoms with Crippen LogP contribution in [0.1, 0.15) is 32.1 Å². The Morgan fingerprint density at radius 2 is 1.88 bits per heavy atom. The molecule has 0 saturated carbocycles. The lowest BCUT2D eigenvalue weighted by Crippen LogP contribution is -2.65. The summed E-state index contributed by atoms with van der Waals surface area (Å²) in [6.45, 7) is 5.41. The van der Waals surface area contributed by atoms with Gasteiger partial charge in [-0.05, 0) is 39.3 Å². The molecule has 94 valence electrons. The third kappa shape index (κ3) is 2.94. The van der Waals surface area contributed by atoms with Gasteiger partial charge < -0.3 is 10.6 Å². The van der Waals surface area contributed by atoms with E-state index < -0.39 is 0 Å². The first kappa shape index (κ1) is 12.3. The Balaban J connectivity index is 1.91. The molecule has 2 saturated heterocycles. The van der Waals surface area contributed by atoms with E-state index in [-0.39, 0.29) is 5.54 Å². The van der Waals surface area contributed by atoms with Crippen LogP contribution in [0.3, 0.4) is 0 Å². The fraction of sp³-hybridized carbons (Fsp3) is 1.00. The van der Waals surface area contributed by atoms with Crippen LogP contribution in [0.4, 0.5) is 0 Å². The summed E-state index contributed by atoms with van der Waals surface area (Å²) in [5.74, 6) is 0. The SMILES string of the molecule is CN1CCCC(CN)(NN2CCCCC2)C1. The zero-order valence-electron chi connectivity index (χ0n) is 10.5. The Morgan fingerprint density at radius 3 is 2.50 bits per heavy atom. The predicted octanol–water partition coefficient (Wildman–Crippen LogP) is 0.400. The molecule has 0 amide bonds. The number of nitrogens with one attached hydrogen (secondary N) is 1. The van der Waals surface area contributed by atoms with Gasteiger partial charge >= 0.3 is 0 Å². The van der Waals surface area contributed by atoms with Gasteiger partial charge in [0, 0.05) is 26.2 Å². The topological polar surface area (TPSA) is 44.5 Å². The first-order valence-corrected chi connectivity index (χ1v) is 6.65. The molecule has 2 aliphatic heterocycles. The van der Waals surface area contributed by atoms with Gasteiger partial charge in [-0.1, -0.05) is 6.42 Å². The first-order valence-electron chi connectivity index (χ1n) is 6.65. The molecule has 0 aromatic rings. The second-order valence-electron chi connectivity index (χ2n) is 5.49. The number of hydrazine groups is 1. The minimum atomic E-state index is 0.129. The van der Waals surface area contributed by atoms with E-state index in [1.54, 1.807) is 0 Å². The number of piperidine rings is 2. The highest BCUT2D eigenvalue weighted by molar-refractivity contribution is 4.94. The lowest BCUT2D eigenvalue weighted by Gasteiger charge is -2.45. The zero-order valence-corrected chi connectivity index (χ0v) is 10.5. The molecule has 2 fully saturated rings. The summed E-state index contributed by atoms with van der Waals surface area (Å²) in [5, 5.41) is 2.40. The van der Waals surface area contributed by atoms with Gasteiger partial charge in [0.25, 0.3) is 0 Å². The van der Waals surface area contributed by atoms with E-state index in [1.807, 2.05) is 0 Å². The van der Waals surface area contributed by atoms with Crippen LogP contribution in [0, 0.1) is 0 Å². The molecule has 1 atom stereocenters. The number of hydrogen-bond acceptors (Lipinski definition) is 4. The molecule has 0 spiro atoms. The van der Waals surface area contributed by atoms with Crippen molar-refractivity contribution in [2.45, 2.75) is 37.6 Å². The number of nitrogens with zero attached hydrogens (tertiary/aromatic N) is 2. The molecule has 3 N–H and O–H groups in total. The minimum absolute atomic E-state index is 0.129. The van der Waals surface area contributed by atoms with Crippen LogP contribution < -0.4 is 11.2 Å². The Morgan fingerprint density at radius 1 is 1.12 bits per heavy atom. The van der Waals surface area contributed by atoms with Gasteiger partial charge in [0.1, 0.15) is 0 Å². The highest BCUT2D eigenvalue weighted by Crippen LogP contribution is 2.20. The summed E-state index contributed by atoms with van der Waals surface area (Å²) in [4.78, 5) is 2.40. The van der Waals surface area contributed by atoms with Crippen LogP contribution in [-0.2, 0) is 0 Å². The molecular formula is C12H26N4. The van der Waals surface area contributed by atoms with Crippen LogP contribution in [0.5, 0.6) is 0 Å². The molecule has 1 unspecified atom stereocenters. The molecule has 0 aromatic heterocycles. The minimum Gasteiger partial charge on any atom is -0.329 e. The highest BCUT2D eigenvalue weighted by atomic mass is 15.5. The molecule has 2 aliphatic rings. The molecule has 0 radical (unpaired) electrons. The Labute approximate surface area is 99.1 Å². The van der Waals surface area contributed by atoms with E-state index in [1.165, 1.54) is 51.7 Å². The van der Waals surface area contributed by atoms with Crippen molar-refractivity contribution in [1.82, 2.24) is 15.3 Å². The summed E-state index contributed by atoms with van der Waals surface area (Å²) >= 11 is 0. The maximum Gasteiger partial charge on any atom is 0.0574 e. The lowest BCUT2D eigenvalue weighted by atomic mass is 9.90. The van der Waals surface area contributed by atoms with E-state index in [0.29, 0.717) is 0 Å². The molecule has 0 aromatic carbocycles. The van der Waals surface area contributed by atoms with Gasteiger partial charge in [-0.3, -0.25) is 0 Å². The largest absolute Gasteiger partial charge is 0.329 e. The number of likely N-dealkylation sites (N-methyl/N-ethyl adjacent to an activating group) is 1. The number of likely N-dealkylation sites (tertiary alicyclic amines) is 1. The smallest absolute Gasteiger partial charge is 0.0574 e. The van der Waals surface area contributed by atoms with Crippen molar-refractivity contribution >= 4 is 0 Å². The normalized spacial score (nSPS) is 34.1. The molecular weight excluding hydrogens is 200 g/mol. The fourth-order valence-electron chi connectivity index (χ4n) is 3.01. The van der Waals surface area contributed by atoms with Crippen LogP contribution in [0.2, 0.25) is 0 Å². The van der Waals surface area contributed by atoms with Gasteiger partial charge in [-0.2, -0.15) is 0 Å². The van der Waals surface area contributed by atoms with E-state index in [4.69, 9.17) is 5.73 Å². The average molecular weight is 226 g/mol. The molecule has 4 heteroatoms.